The SMILES string of the molecule is CC(NC(=O)CCc1ccc(Cl)cc1)C(Cc1ccc(Cl)cc1)c1ccc(Cl)cc1. The molecule has 0 saturated heterocycles. The quantitative estimate of drug-likeness (QED) is 0.381. The third-order valence-corrected chi connectivity index (χ3v) is 5.97. The van der Waals surface area contributed by atoms with E-state index >= 15 is 0 Å². The highest BCUT2D eigenvalue weighted by molar-refractivity contribution is 6.31. The fourth-order valence-electron chi connectivity index (χ4n) is 3.50. The van der Waals surface area contributed by atoms with Crippen LogP contribution in [-0.4, -0.2) is 11.9 Å². The molecule has 0 saturated carbocycles. The largest absolute Gasteiger partial charge is 0.353 e. The van der Waals surface area contributed by atoms with E-state index in [1.165, 1.54) is 5.56 Å². The third kappa shape index (κ3) is 6.77. The van der Waals surface area contributed by atoms with Gasteiger partial charge >= 0.3 is 0 Å². The van der Waals surface area contributed by atoms with Crippen LogP contribution in [0.15, 0.2) is 72.8 Å². The Morgan fingerprint density at radius 1 is 0.767 bits per heavy atom. The molecule has 0 heterocycles. The Morgan fingerprint density at radius 3 is 1.77 bits per heavy atom. The Balaban J connectivity index is 1.68. The number of rotatable bonds is 8. The zero-order valence-electron chi connectivity index (χ0n) is 16.7. The molecule has 1 amide bonds. The van der Waals surface area contributed by atoms with Crippen molar-refractivity contribution in [2.45, 2.75) is 38.1 Å². The van der Waals surface area contributed by atoms with E-state index in [1.807, 2.05) is 72.8 Å². The molecule has 0 aliphatic rings. The van der Waals surface area contributed by atoms with Crippen molar-refractivity contribution in [1.82, 2.24) is 5.32 Å². The summed E-state index contributed by atoms with van der Waals surface area (Å²) in [5.41, 5.74) is 3.40. The van der Waals surface area contributed by atoms with Crippen molar-refractivity contribution in [2.24, 2.45) is 0 Å². The molecule has 0 spiro atoms. The molecule has 2 atom stereocenters. The van der Waals surface area contributed by atoms with Gasteiger partial charge < -0.3 is 5.32 Å². The Labute approximate surface area is 193 Å². The number of carbonyl (C=O) groups excluding carboxylic acids is 1. The summed E-state index contributed by atoms with van der Waals surface area (Å²) in [6, 6.07) is 23.2. The maximum Gasteiger partial charge on any atom is 0.220 e. The van der Waals surface area contributed by atoms with E-state index in [1.54, 1.807) is 0 Å². The Hall–Kier alpha value is -2.00. The summed E-state index contributed by atoms with van der Waals surface area (Å²) in [5, 5.41) is 5.29. The maximum absolute atomic E-state index is 12.6. The standard InChI is InChI=1S/C25H24Cl3NO/c1-17(29-25(30)15-6-18-2-9-21(26)10-3-18)24(20-7-13-23(28)14-8-20)16-19-4-11-22(27)12-5-19/h2-5,7-14,17,24H,6,15-16H2,1H3,(H,29,30). The lowest BCUT2D eigenvalue weighted by Crippen LogP contribution is -2.38. The number of nitrogens with one attached hydrogen (secondary N) is 1. The van der Waals surface area contributed by atoms with E-state index in [2.05, 4.69) is 12.2 Å². The highest BCUT2D eigenvalue weighted by Crippen LogP contribution is 2.27. The van der Waals surface area contributed by atoms with E-state index in [0.29, 0.717) is 27.9 Å². The van der Waals surface area contributed by atoms with Crippen LogP contribution in [0, 0.1) is 0 Å². The first-order valence-electron chi connectivity index (χ1n) is 9.94. The molecule has 156 valence electrons. The number of carbonyl (C=O) groups is 1. The molecule has 3 aromatic rings. The minimum Gasteiger partial charge on any atom is -0.353 e. The molecule has 0 fully saturated rings. The number of benzene rings is 3. The summed E-state index contributed by atoms with van der Waals surface area (Å²) < 4.78 is 0. The van der Waals surface area contributed by atoms with Gasteiger partial charge in [0.1, 0.15) is 0 Å². The molecule has 5 heteroatoms. The van der Waals surface area contributed by atoms with Crippen molar-refractivity contribution in [3.63, 3.8) is 0 Å². The predicted molar refractivity (Wildman–Crippen MR) is 127 cm³/mol. The van der Waals surface area contributed by atoms with Crippen LogP contribution >= 0.6 is 34.8 Å². The van der Waals surface area contributed by atoms with Crippen molar-refractivity contribution in [1.29, 1.82) is 0 Å². The van der Waals surface area contributed by atoms with Gasteiger partial charge in [0.05, 0.1) is 0 Å². The molecular weight excluding hydrogens is 437 g/mol. The molecule has 2 nitrogen and oxygen atoms in total. The first kappa shape index (κ1) is 22.7. The minimum atomic E-state index is -0.0421. The smallest absolute Gasteiger partial charge is 0.220 e. The molecule has 30 heavy (non-hydrogen) atoms. The molecule has 0 aromatic heterocycles. The first-order chi connectivity index (χ1) is 14.4. The lowest BCUT2D eigenvalue weighted by molar-refractivity contribution is -0.121. The van der Waals surface area contributed by atoms with Crippen LogP contribution in [-0.2, 0) is 17.6 Å². The van der Waals surface area contributed by atoms with Crippen LogP contribution in [0.4, 0.5) is 0 Å². The second-order valence-electron chi connectivity index (χ2n) is 7.47. The lowest BCUT2D eigenvalue weighted by atomic mass is 9.86. The number of halogens is 3. The van der Waals surface area contributed by atoms with Gasteiger partial charge in [-0.3, -0.25) is 4.79 Å². The van der Waals surface area contributed by atoms with Crippen LogP contribution < -0.4 is 5.32 Å². The highest BCUT2D eigenvalue weighted by Gasteiger charge is 2.21. The van der Waals surface area contributed by atoms with Crippen molar-refractivity contribution in [2.75, 3.05) is 0 Å². The van der Waals surface area contributed by atoms with Gasteiger partial charge in [-0.25, -0.2) is 0 Å². The maximum atomic E-state index is 12.6. The normalized spacial score (nSPS) is 12.9. The fraction of sp³-hybridized carbons (Fsp3) is 0.240. The predicted octanol–water partition coefficient (Wildman–Crippen LogP) is 7.11. The van der Waals surface area contributed by atoms with Gasteiger partial charge in [-0.2, -0.15) is 0 Å². The minimum absolute atomic E-state index is 0.0347. The van der Waals surface area contributed by atoms with Crippen molar-refractivity contribution >= 4 is 40.7 Å². The van der Waals surface area contributed by atoms with Crippen LogP contribution in [0.5, 0.6) is 0 Å². The molecule has 0 aliphatic carbocycles. The van der Waals surface area contributed by atoms with E-state index < -0.39 is 0 Å². The molecule has 3 aromatic carbocycles. The van der Waals surface area contributed by atoms with E-state index in [4.69, 9.17) is 34.8 Å². The Kier molecular flexibility index (Phi) is 8.21. The van der Waals surface area contributed by atoms with Crippen molar-refractivity contribution in [3.05, 3.63) is 105 Å². The third-order valence-electron chi connectivity index (χ3n) is 5.21. The number of aryl methyl sites for hydroxylation is 1. The van der Waals surface area contributed by atoms with Gasteiger partial charge in [0, 0.05) is 33.4 Å². The second-order valence-corrected chi connectivity index (χ2v) is 8.78. The fourth-order valence-corrected chi connectivity index (χ4v) is 3.88. The molecule has 3 rings (SSSR count). The van der Waals surface area contributed by atoms with Gasteiger partial charge in [0.2, 0.25) is 5.91 Å². The van der Waals surface area contributed by atoms with Gasteiger partial charge in [-0.15, -0.1) is 0 Å². The van der Waals surface area contributed by atoms with Crippen LogP contribution in [0.3, 0.4) is 0 Å². The summed E-state index contributed by atoms with van der Waals surface area (Å²) in [5.74, 6) is 0.149. The first-order valence-corrected chi connectivity index (χ1v) is 11.1. The van der Waals surface area contributed by atoms with Crippen LogP contribution in [0.25, 0.3) is 0 Å². The zero-order chi connectivity index (χ0) is 21.5. The van der Waals surface area contributed by atoms with Crippen molar-refractivity contribution < 1.29 is 4.79 Å². The Morgan fingerprint density at radius 2 is 1.23 bits per heavy atom. The average molecular weight is 461 g/mol. The number of amides is 1. The topological polar surface area (TPSA) is 29.1 Å². The number of hydrogen-bond acceptors (Lipinski definition) is 1. The molecule has 0 radical (unpaired) electrons. The van der Waals surface area contributed by atoms with E-state index in [-0.39, 0.29) is 17.9 Å². The molecule has 0 bridgehead atoms. The van der Waals surface area contributed by atoms with E-state index in [9.17, 15) is 4.79 Å². The monoisotopic (exact) mass is 459 g/mol. The average Bonchev–Trinajstić information content (AvgIpc) is 2.73. The van der Waals surface area contributed by atoms with Gasteiger partial charge in [-0.1, -0.05) is 71.2 Å². The summed E-state index contributed by atoms with van der Waals surface area (Å²) >= 11 is 18.0. The van der Waals surface area contributed by atoms with Crippen molar-refractivity contribution in [3.8, 4) is 0 Å². The highest BCUT2D eigenvalue weighted by atomic mass is 35.5. The Bertz CT molecular complexity index is 953. The van der Waals surface area contributed by atoms with E-state index in [0.717, 1.165) is 17.5 Å². The van der Waals surface area contributed by atoms with Gasteiger partial charge in [-0.05, 0) is 72.9 Å². The van der Waals surface area contributed by atoms with Crippen LogP contribution in [0.2, 0.25) is 15.1 Å². The zero-order valence-corrected chi connectivity index (χ0v) is 19.0. The summed E-state index contributed by atoms with van der Waals surface area (Å²) in [4.78, 5) is 12.6. The summed E-state index contributed by atoms with van der Waals surface area (Å²) in [6.07, 6.45) is 1.90. The molecule has 0 aliphatic heterocycles. The number of hydrogen-bond donors (Lipinski definition) is 1. The second kappa shape index (κ2) is 10.9. The lowest BCUT2D eigenvalue weighted by Gasteiger charge is -2.26. The molecule has 2 unspecified atom stereocenters. The summed E-state index contributed by atoms with van der Waals surface area (Å²) in [7, 11) is 0. The molecule has 1 N–H and O–H groups in total. The van der Waals surface area contributed by atoms with Crippen LogP contribution in [0.1, 0.15) is 36.0 Å². The molecular formula is C25H24Cl3NO. The van der Waals surface area contributed by atoms with Gasteiger partial charge in [0.25, 0.3) is 0 Å². The summed E-state index contributed by atoms with van der Waals surface area (Å²) in [6.45, 7) is 2.05. The van der Waals surface area contributed by atoms with Gasteiger partial charge in [0.15, 0.2) is 0 Å².